The minimum Gasteiger partial charge on any atom is -0.480 e. The summed E-state index contributed by atoms with van der Waals surface area (Å²) in [5.41, 5.74) is 3.73. The fourth-order valence-corrected chi connectivity index (χ4v) is 2.76. The Hall–Kier alpha value is -3.25. The Balaban J connectivity index is 1.89. The molecule has 0 saturated carbocycles. The zero-order valence-corrected chi connectivity index (χ0v) is 14.5. The zero-order chi connectivity index (χ0) is 20.3. The van der Waals surface area contributed by atoms with E-state index < -0.39 is 29.2 Å². The van der Waals surface area contributed by atoms with E-state index in [-0.39, 0.29) is 30.8 Å². The number of hydrogen-bond donors (Lipinski definition) is 3. The van der Waals surface area contributed by atoms with Crippen LogP contribution in [0.25, 0.3) is 0 Å². The molecule has 0 fully saturated rings. The number of nitrogens with two attached hydrogens (primary N) is 1. The Morgan fingerprint density at radius 3 is 2.68 bits per heavy atom. The first-order valence-electron chi connectivity index (χ1n) is 8.14. The van der Waals surface area contributed by atoms with Crippen LogP contribution in [0.5, 0.6) is 0 Å². The number of aliphatic hydroxyl groups is 1. The SMILES string of the molecule is NC(Cc1cn(CC(O)(Cn2cncn2)c2ccc(F)cc2F)nn1)C(=O)O. The average molecular weight is 393 g/mol. The second-order valence-electron chi connectivity index (χ2n) is 6.31. The molecule has 0 aliphatic rings. The summed E-state index contributed by atoms with van der Waals surface area (Å²) >= 11 is 0. The van der Waals surface area contributed by atoms with Crippen molar-refractivity contribution in [2.24, 2.45) is 5.73 Å². The van der Waals surface area contributed by atoms with E-state index in [4.69, 9.17) is 10.8 Å². The number of carbonyl (C=O) groups is 1. The summed E-state index contributed by atoms with van der Waals surface area (Å²) in [4.78, 5) is 14.6. The van der Waals surface area contributed by atoms with E-state index in [0.717, 1.165) is 12.1 Å². The molecule has 0 amide bonds. The van der Waals surface area contributed by atoms with E-state index >= 15 is 0 Å². The summed E-state index contributed by atoms with van der Waals surface area (Å²) < 4.78 is 30.2. The largest absolute Gasteiger partial charge is 0.480 e. The lowest BCUT2D eigenvalue weighted by atomic mass is 9.93. The quantitative estimate of drug-likeness (QED) is 0.473. The van der Waals surface area contributed by atoms with Gasteiger partial charge in [0.05, 0.1) is 18.8 Å². The van der Waals surface area contributed by atoms with Gasteiger partial charge < -0.3 is 15.9 Å². The minimum absolute atomic E-state index is 0.0677. The molecule has 2 heterocycles. The van der Waals surface area contributed by atoms with Crippen molar-refractivity contribution >= 4 is 5.97 Å². The Morgan fingerprint density at radius 1 is 1.29 bits per heavy atom. The molecule has 4 N–H and O–H groups in total. The van der Waals surface area contributed by atoms with Crippen LogP contribution in [0.1, 0.15) is 11.3 Å². The number of halogens is 2. The van der Waals surface area contributed by atoms with E-state index in [1.54, 1.807) is 0 Å². The maximum atomic E-state index is 14.4. The summed E-state index contributed by atoms with van der Waals surface area (Å²) in [7, 11) is 0. The topological polar surface area (TPSA) is 145 Å². The monoisotopic (exact) mass is 393 g/mol. The smallest absolute Gasteiger partial charge is 0.320 e. The van der Waals surface area contributed by atoms with E-state index in [1.165, 1.54) is 28.2 Å². The van der Waals surface area contributed by atoms with Crippen LogP contribution < -0.4 is 5.73 Å². The maximum Gasteiger partial charge on any atom is 0.320 e. The summed E-state index contributed by atoms with van der Waals surface area (Å²) in [6.45, 7) is -0.454. The first-order chi connectivity index (χ1) is 13.3. The van der Waals surface area contributed by atoms with Crippen molar-refractivity contribution in [2.45, 2.75) is 31.2 Å². The van der Waals surface area contributed by atoms with Gasteiger partial charge in [-0.25, -0.2) is 23.1 Å². The lowest BCUT2D eigenvalue weighted by molar-refractivity contribution is -0.138. The molecule has 10 nitrogen and oxygen atoms in total. The third kappa shape index (κ3) is 4.35. The van der Waals surface area contributed by atoms with Crippen LogP contribution >= 0.6 is 0 Å². The number of aromatic nitrogens is 6. The van der Waals surface area contributed by atoms with Crippen LogP contribution in [0, 0.1) is 11.6 Å². The molecule has 2 unspecified atom stereocenters. The molecule has 0 saturated heterocycles. The van der Waals surface area contributed by atoms with Gasteiger partial charge in [0.1, 0.15) is 35.9 Å². The van der Waals surface area contributed by atoms with Gasteiger partial charge in [0.2, 0.25) is 0 Å². The Morgan fingerprint density at radius 2 is 2.04 bits per heavy atom. The third-order valence-corrected chi connectivity index (χ3v) is 4.08. The van der Waals surface area contributed by atoms with Crippen molar-refractivity contribution in [3.63, 3.8) is 0 Å². The molecule has 0 radical (unpaired) electrons. The summed E-state index contributed by atoms with van der Waals surface area (Å²) in [6.07, 6.45) is 3.92. The van der Waals surface area contributed by atoms with Crippen molar-refractivity contribution in [1.29, 1.82) is 0 Å². The van der Waals surface area contributed by atoms with Crippen molar-refractivity contribution in [2.75, 3.05) is 0 Å². The fraction of sp³-hybridized carbons (Fsp3) is 0.312. The molecule has 12 heteroatoms. The highest BCUT2D eigenvalue weighted by Gasteiger charge is 2.35. The second kappa shape index (κ2) is 7.78. The number of hydrogen-bond acceptors (Lipinski definition) is 7. The Kier molecular flexibility index (Phi) is 5.42. The van der Waals surface area contributed by atoms with Crippen LogP contribution in [-0.4, -0.2) is 52.0 Å². The summed E-state index contributed by atoms with van der Waals surface area (Å²) in [5, 5.41) is 31.6. The van der Waals surface area contributed by atoms with Crippen LogP contribution in [0.2, 0.25) is 0 Å². The first-order valence-corrected chi connectivity index (χ1v) is 8.14. The van der Waals surface area contributed by atoms with E-state index in [0.29, 0.717) is 6.07 Å². The van der Waals surface area contributed by atoms with Crippen LogP contribution in [0.15, 0.2) is 37.1 Å². The molecule has 2 atom stereocenters. The fourth-order valence-electron chi connectivity index (χ4n) is 2.76. The number of benzene rings is 1. The van der Waals surface area contributed by atoms with E-state index in [2.05, 4.69) is 20.4 Å². The van der Waals surface area contributed by atoms with Gasteiger partial charge in [-0.15, -0.1) is 5.10 Å². The van der Waals surface area contributed by atoms with Crippen LogP contribution in [0.4, 0.5) is 8.78 Å². The molecular formula is C16H17F2N7O3. The number of rotatable bonds is 8. The molecule has 0 aliphatic heterocycles. The molecule has 3 rings (SSSR count). The van der Waals surface area contributed by atoms with Crippen LogP contribution in [0.3, 0.4) is 0 Å². The average Bonchev–Trinajstić information content (AvgIpc) is 3.26. The van der Waals surface area contributed by atoms with Gasteiger partial charge in [0.25, 0.3) is 0 Å². The van der Waals surface area contributed by atoms with Gasteiger partial charge in [-0.1, -0.05) is 11.3 Å². The Labute approximate surface area is 157 Å². The van der Waals surface area contributed by atoms with E-state index in [9.17, 15) is 18.7 Å². The summed E-state index contributed by atoms with van der Waals surface area (Å²) in [5.74, 6) is -2.91. The van der Waals surface area contributed by atoms with Gasteiger partial charge in [-0.3, -0.25) is 4.79 Å². The Bertz CT molecular complexity index is 963. The van der Waals surface area contributed by atoms with Gasteiger partial charge in [0, 0.05) is 24.2 Å². The predicted octanol–water partition coefficient (Wildman–Crippen LogP) is -0.310. The third-order valence-electron chi connectivity index (χ3n) is 4.08. The molecule has 0 bridgehead atoms. The molecule has 28 heavy (non-hydrogen) atoms. The molecule has 148 valence electrons. The molecule has 1 aromatic carbocycles. The number of carboxylic acids is 1. The second-order valence-corrected chi connectivity index (χ2v) is 6.31. The van der Waals surface area contributed by atoms with Gasteiger partial charge >= 0.3 is 5.97 Å². The number of nitrogens with zero attached hydrogens (tertiary/aromatic N) is 6. The molecule has 0 aliphatic carbocycles. The highest BCUT2D eigenvalue weighted by molar-refractivity contribution is 5.73. The van der Waals surface area contributed by atoms with Crippen molar-refractivity contribution in [3.8, 4) is 0 Å². The van der Waals surface area contributed by atoms with Gasteiger partial charge in [-0.2, -0.15) is 5.10 Å². The number of aliphatic carboxylic acids is 1. The van der Waals surface area contributed by atoms with Gasteiger partial charge in [-0.05, 0) is 6.07 Å². The minimum atomic E-state index is -1.87. The predicted molar refractivity (Wildman–Crippen MR) is 89.6 cm³/mol. The highest BCUT2D eigenvalue weighted by atomic mass is 19.1. The van der Waals surface area contributed by atoms with E-state index in [1.807, 2.05) is 0 Å². The highest BCUT2D eigenvalue weighted by Crippen LogP contribution is 2.28. The molecule has 2 aromatic heterocycles. The lowest BCUT2D eigenvalue weighted by Crippen LogP contribution is -2.37. The molecular weight excluding hydrogens is 376 g/mol. The van der Waals surface area contributed by atoms with Gasteiger partial charge in [0.15, 0.2) is 0 Å². The maximum absolute atomic E-state index is 14.4. The molecule has 3 aromatic rings. The first kappa shape index (κ1) is 19.5. The normalized spacial score (nSPS) is 14.6. The van der Waals surface area contributed by atoms with Crippen LogP contribution in [-0.2, 0) is 29.9 Å². The van der Waals surface area contributed by atoms with Crippen molar-refractivity contribution in [1.82, 2.24) is 29.8 Å². The number of carboxylic acid groups (broad SMARTS) is 1. The lowest BCUT2D eigenvalue weighted by Gasteiger charge is -2.28. The molecule has 0 spiro atoms. The van der Waals surface area contributed by atoms with Crippen molar-refractivity contribution < 1.29 is 23.8 Å². The summed E-state index contributed by atoms with van der Waals surface area (Å²) in [6, 6.07) is 1.68. The zero-order valence-electron chi connectivity index (χ0n) is 14.5. The van der Waals surface area contributed by atoms with Crippen molar-refractivity contribution in [3.05, 3.63) is 59.9 Å². The standard InChI is InChI=1S/C16H17F2N7O3/c17-10-1-2-12(13(18)3-10)16(28,7-25-9-20-8-21-25)6-24-5-11(22-23-24)4-14(19)15(26)27/h1-3,5,8-9,14,28H,4,6-7,19H2,(H,26,27).